The van der Waals surface area contributed by atoms with E-state index in [2.05, 4.69) is 6.07 Å². The number of anilines is 1. The molecule has 0 saturated carbocycles. The van der Waals surface area contributed by atoms with E-state index in [1.54, 1.807) is 35.2 Å². The predicted molar refractivity (Wildman–Crippen MR) is 136 cm³/mol. The Kier molecular flexibility index (Phi) is 6.17. The fourth-order valence-electron chi connectivity index (χ4n) is 4.52. The van der Waals surface area contributed by atoms with Gasteiger partial charge in [-0.15, -0.1) is 11.3 Å². The molecular formula is C27H22N4O3S. The molecule has 0 radical (unpaired) electrons. The number of piperazine rings is 1. The molecule has 3 heterocycles. The number of ketones is 1. The minimum atomic E-state index is -0.484. The first kappa shape index (κ1) is 22.6. The number of amides is 1. The SMILES string of the molecule is N#Cc1c(N2CCN(C(=O)c3cccs3)CC2)c2ccccc2n(CC(=O)c2ccccc2)c1=O. The Bertz CT molecular complexity index is 1500. The number of aromatic nitrogens is 1. The Morgan fingerprint density at radius 3 is 2.31 bits per heavy atom. The molecule has 1 amide bonds. The van der Waals surface area contributed by atoms with Crippen molar-refractivity contribution in [1.29, 1.82) is 5.26 Å². The molecule has 0 N–H and O–H groups in total. The molecule has 1 aliphatic heterocycles. The zero-order chi connectivity index (χ0) is 24.4. The number of carbonyl (C=O) groups is 2. The number of pyridine rings is 1. The van der Waals surface area contributed by atoms with Crippen molar-refractivity contribution in [3.8, 4) is 6.07 Å². The minimum Gasteiger partial charge on any atom is -0.366 e. The van der Waals surface area contributed by atoms with Gasteiger partial charge in [0, 0.05) is 37.1 Å². The third-order valence-corrected chi connectivity index (χ3v) is 7.13. The van der Waals surface area contributed by atoms with Gasteiger partial charge in [0.05, 0.1) is 22.6 Å². The summed E-state index contributed by atoms with van der Waals surface area (Å²) in [6.45, 7) is 1.84. The second-order valence-electron chi connectivity index (χ2n) is 8.29. The molecule has 1 fully saturated rings. The third kappa shape index (κ3) is 4.22. The van der Waals surface area contributed by atoms with Crippen LogP contribution in [0.1, 0.15) is 25.6 Å². The molecule has 174 valence electrons. The normalized spacial score (nSPS) is 13.6. The van der Waals surface area contributed by atoms with Crippen LogP contribution >= 0.6 is 11.3 Å². The van der Waals surface area contributed by atoms with Gasteiger partial charge in [-0.3, -0.25) is 19.0 Å². The van der Waals surface area contributed by atoms with E-state index in [1.807, 2.05) is 46.7 Å². The second kappa shape index (κ2) is 9.57. The van der Waals surface area contributed by atoms with E-state index < -0.39 is 5.56 Å². The molecule has 7 nitrogen and oxygen atoms in total. The van der Waals surface area contributed by atoms with Crippen LogP contribution in [0.25, 0.3) is 10.9 Å². The lowest BCUT2D eigenvalue weighted by Gasteiger charge is -2.37. The molecule has 5 rings (SSSR count). The van der Waals surface area contributed by atoms with Crippen molar-refractivity contribution in [2.45, 2.75) is 6.54 Å². The van der Waals surface area contributed by atoms with Gasteiger partial charge in [0.15, 0.2) is 5.78 Å². The molecule has 2 aromatic heterocycles. The van der Waals surface area contributed by atoms with Crippen molar-refractivity contribution < 1.29 is 9.59 Å². The fraction of sp³-hybridized carbons (Fsp3) is 0.185. The summed E-state index contributed by atoms with van der Waals surface area (Å²) in [7, 11) is 0. The molecule has 35 heavy (non-hydrogen) atoms. The standard InChI is InChI=1S/C27H22N4O3S/c28-17-21-25(29-12-14-30(15-13-29)27(34)24-11-6-16-35-24)20-9-4-5-10-22(20)31(26(21)33)18-23(32)19-7-2-1-3-8-19/h1-11,16H,12-15,18H2. The smallest absolute Gasteiger partial charge is 0.271 e. The summed E-state index contributed by atoms with van der Waals surface area (Å²) in [6, 6.07) is 21.9. The Balaban J connectivity index is 1.50. The summed E-state index contributed by atoms with van der Waals surface area (Å²) in [5, 5.41) is 12.6. The predicted octanol–water partition coefficient (Wildman–Crippen LogP) is 3.78. The van der Waals surface area contributed by atoms with E-state index in [1.165, 1.54) is 15.9 Å². The number of para-hydroxylation sites is 1. The number of thiophene rings is 1. The van der Waals surface area contributed by atoms with Gasteiger partial charge in [-0.25, -0.2) is 0 Å². The van der Waals surface area contributed by atoms with Crippen LogP contribution in [0.2, 0.25) is 0 Å². The maximum absolute atomic E-state index is 13.5. The number of benzene rings is 2. The molecule has 0 bridgehead atoms. The van der Waals surface area contributed by atoms with Crippen molar-refractivity contribution in [3.63, 3.8) is 0 Å². The number of nitriles is 1. The van der Waals surface area contributed by atoms with E-state index in [0.717, 1.165) is 5.39 Å². The van der Waals surface area contributed by atoms with Crippen LogP contribution < -0.4 is 10.5 Å². The number of hydrogen-bond donors (Lipinski definition) is 0. The van der Waals surface area contributed by atoms with Gasteiger partial charge in [-0.05, 0) is 17.5 Å². The Morgan fingerprint density at radius 2 is 1.63 bits per heavy atom. The van der Waals surface area contributed by atoms with Crippen LogP contribution in [-0.4, -0.2) is 47.3 Å². The van der Waals surface area contributed by atoms with Gasteiger partial charge in [0.2, 0.25) is 0 Å². The maximum atomic E-state index is 13.5. The highest BCUT2D eigenvalue weighted by atomic mass is 32.1. The number of carbonyl (C=O) groups excluding carboxylic acids is 2. The molecule has 0 spiro atoms. The summed E-state index contributed by atoms with van der Waals surface area (Å²) >= 11 is 1.42. The number of Topliss-reactive ketones (excluding diaryl/α,β-unsaturated/α-hetero) is 1. The first-order chi connectivity index (χ1) is 17.1. The van der Waals surface area contributed by atoms with Gasteiger partial charge < -0.3 is 9.80 Å². The van der Waals surface area contributed by atoms with E-state index in [-0.39, 0.29) is 23.8 Å². The molecule has 0 aliphatic carbocycles. The van der Waals surface area contributed by atoms with Crippen LogP contribution in [0.15, 0.2) is 76.9 Å². The highest BCUT2D eigenvalue weighted by Crippen LogP contribution is 2.30. The lowest BCUT2D eigenvalue weighted by molar-refractivity contribution is 0.0751. The summed E-state index contributed by atoms with van der Waals surface area (Å²) in [4.78, 5) is 43.6. The van der Waals surface area contributed by atoms with Crippen molar-refractivity contribution in [2.75, 3.05) is 31.1 Å². The van der Waals surface area contributed by atoms with Gasteiger partial charge in [0.25, 0.3) is 11.5 Å². The number of rotatable bonds is 5. The molecular weight excluding hydrogens is 460 g/mol. The van der Waals surface area contributed by atoms with E-state index in [4.69, 9.17) is 0 Å². The van der Waals surface area contributed by atoms with Crippen molar-refractivity contribution in [2.24, 2.45) is 0 Å². The maximum Gasteiger partial charge on any atom is 0.271 e. The zero-order valence-corrected chi connectivity index (χ0v) is 19.7. The summed E-state index contributed by atoms with van der Waals surface area (Å²) in [5.41, 5.74) is 1.22. The molecule has 0 unspecified atom stereocenters. The van der Waals surface area contributed by atoms with Gasteiger partial charge >= 0.3 is 0 Å². The lowest BCUT2D eigenvalue weighted by Crippen LogP contribution is -2.49. The fourth-order valence-corrected chi connectivity index (χ4v) is 5.21. The zero-order valence-electron chi connectivity index (χ0n) is 18.9. The Labute approximate surface area is 206 Å². The average molecular weight is 483 g/mol. The number of fused-ring (bicyclic) bond motifs is 1. The monoisotopic (exact) mass is 482 g/mol. The van der Waals surface area contributed by atoms with E-state index >= 15 is 0 Å². The first-order valence-corrected chi connectivity index (χ1v) is 12.2. The first-order valence-electron chi connectivity index (χ1n) is 11.3. The van der Waals surface area contributed by atoms with E-state index in [9.17, 15) is 19.6 Å². The highest BCUT2D eigenvalue weighted by molar-refractivity contribution is 7.12. The minimum absolute atomic E-state index is 0.000133. The van der Waals surface area contributed by atoms with Crippen LogP contribution in [-0.2, 0) is 6.54 Å². The highest BCUT2D eigenvalue weighted by Gasteiger charge is 2.27. The second-order valence-corrected chi connectivity index (χ2v) is 9.24. The van der Waals surface area contributed by atoms with Crippen molar-refractivity contribution >= 4 is 39.6 Å². The summed E-state index contributed by atoms with van der Waals surface area (Å²) < 4.78 is 1.39. The van der Waals surface area contributed by atoms with Crippen molar-refractivity contribution in [1.82, 2.24) is 9.47 Å². The largest absolute Gasteiger partial charge is 0.366 e. The molecule has 0 atom stereocenters. The van der Waals surface area contributed by atoms with E-state index in [0.29, 0.717) is 47.8 Å². The molecule has 1 aliphatic rings. The van der Waals surface area contributed by atoms with Gasteiger partial charge in [-0.1, -0.05) is 54.6 Å². The van der Waals surface area contributed by atoms with Crippen LogP contribution in [0, 0.1) is 11.3 Å². The topological polar surface area (TPSA) is 86.4 Å². The Morgan fingerprint density at radius 1 is 0.914 bits per heavy atom. The summed E-state index contributed by atoms with van der Waals surface area (Å²) in [5.74, 6) is -0.199. The van der Waals surface area contributed by atoms with Gasteiger partial charge in [-0.2, -0.15) is 5.26 Å². The molecule has 4 aromatic rings. The molecule has 1 saturated heterocycles. The van der Waals surface area contributed by atoms with Gasteiger partial charge in [0.1, 0.15) is 11.6 Å². The summed E-state index contributed by atoms with van der Waals surface area (Å²) in [6.07, 6.45) is 0. The molecule has 8 heteroatoms. The van der Waals surface area contributed by atoms with Crippen LogP contribution in [0.4, 0.5) is 5.69 Å². The van der Waals surface area contributed by atoms with Crippen molar-refractivity contribution in [3.05, 3.63) is 98.5 Å². The van der Waals surface area contributed by atoms with Crippen LogP contribution in [0.5, 0.6) is 0 Å². The number of nitrogens with zero attached hydrogens (tertiary/aromatic N) is 4. The Hall–Kier alpha value is -4.22. The number of hydrogen-bond acceptors (Lipinski definition) is 6. The average Bonchev–Trinajstić information content (AvgIpc) is 3.45. The van der Waals surface area contributed by atoms with Crippen LogP contribution in [0.3, 0.4) is 0 Å². The lowest BCUT2D eigenvalue weighted by atomic mass is 10.1. The third-order valence-electron chi connectivity index (χ3n) is 6.27. The molecule has 2 aromatic carbocycles. The quantitative estimate of drug-likeness (QED) is 0.404.